The van der Waals surface area contributed by atoms with Crippen LogP contribution in [0.25, 0.3) is 0 Å². The summed E-state index contributed by atoms with van der Waals surface area (Å²) in [5, 5.41) is -0.271. The summed E-state index contributed by atoms with van der Waals surface area (Å²) in [4.78, 5) is 4.07. The molecule has 0 unspecified atom stereocenters. The zero-order valence-corrected chi connectivity index (χ0v) is 15.0. The van der Waals surface area contributed by atoms with Gasteiger partial charge in [0.2, 0.25) is 10.0 Å². The van der Waals surface area contributed by atoms with Crippen molar-refractivity contribution in [3.8, 4) is 5.75 Å². The first-order chi connectivity index (χ1) is 11.0. The molecule has 3 rings (SSSR count). The molecule has 1 aromatic carbocycles. The highest BCUT2D eigenvalue weighted by atomic mass is 79.9. The van der Waals surface area contributed by atoms with Crippen molar-refractivity contribution in [2.45, 2.75) is 24.6 Å². The average Bonchev–Trinajstić information content (AvgIpc) is 3.38. The number of benzene rings is 1. The molecule has 1 aliphatic carbocycles. The van der Waals surface area contributed by atoms with Gasteiger partial charge in [-0.25, -0.2) is 13.4 Å². The first-order valence-corrected chi connectivity index (χ1v) is 9.56. The second-order valence-corrected chi connectivity index (χ2v) is 8.39. The largest absolute Gasteiger partial charge is 0.497 e. The lowest BCUT2D eigenvalue weighted by atomic mass is 10.2. The van der Waals surface area contributed by atoms with Gasteiger partial charge in [0.15, 0.2) is 0 Å². The van der Waals surface area contributed by atoms with Crippen LogP contribution in [0.4, 0.5) is 5.69 Å². The number of ether oxygens (including phenoxy) is 1. The van der Waals surface area contributed by atoms with Crippen LogP contribution in [0.1, 0.15) is 18.4 Å². The van der Waals surface area contributed by atoms with Crippen LogP contribution in [-0.2, 0) is 16.6 Å². The maximum atomic E-state index is 12.8. The van der Waals surface area contributed by atoms with Crippen molar-refractivity contribution in [3.05, 3.63) is 52.8 Å². The Kier molecular flexibility index (Phi) is 4.59. The molecule has 1 aliphatic rings. The quantitative estimate of drug-likeness (QED) is 0.702. The SMILES string of the molecule is COc1ccc(CN(c2ccnc(Br)c2)S(=O)(=O)C2CC2)cc1. The van der Waals surface area contributed by atoms with Gasteiger partial charge < -0.3 is 4.74 Å². The third kappa shape index (κ3) is 3.67. The van der Waals surface area contributed by atoms with Crippen molar-refractivity contribution in [2.24, 2.45) is 0 Å². The highest BCUT2D eigenvalue weighted by Crippen LogP contribution is 2.35. The number of aromatic nitrogens is 1. The lowest BCUT2D eigenvalue weighted by molar-refractivity contribution is 0.414. The van der Waals surface area contributed by atoms with E-state index in [1.165, 1.54) is 4.31 Å². The molecule has 0 radical (unpaired) electrons. The van der Waals surface area contributed by atoms with E-state index in [1.54, 1.807) is 25.4 Å². The lowest BCUT2D eigenvalue weighted by Crippen LogP contribution is -2.33. The fourth-order valence-electron chi connectivity index (χ4n) is 2.32. The molecular formula is C16H17BrN2O3S. The van der Waals surface area contributed by atoms with Gasteiger partial charge in [-0.2, -0.15) is 0 Å². The highest BCUT2D eigenvalue weighted by Gasteiger charge is 2.40. The number of methoxy groups -OCH3 is 1. The summed E-state index contributed by atoms with van der Waals surface area (Å²) >= 11 is 3.31. The Morgan fingerprint density at radius 2 is 1.96 bits per heavy atom. The Morgan fingerprint density at radius 3 is 2.52 bits per heavy atom. The van der Waals surface area contributed by atoms with E-state index in [0.717, 1.165) is 24.2 Å². The second kappa shape index (κ2) is 6.49. The summed E-state index contributed by atoms with van der Waals surface area (Å²) in [6.45, 7) is 0.291. The topological polar surface area (TPSA) is 59.5 Å². The number of hydrogen-bond donors (Lipinski definition) is 0. The van der Waals surface area contributed by atoms with E-state index >= 15 is 0 Å². The molecule has 1 aromatic heterocycles. The molecular weight excluding hydrogens is 380 g/mol. The molecule has 23 heavy (non-hydrogen) atoms. The van der Waals surface area contributed by atoms with Crippen LogP contribution in [0.15, 0.2) is 47.2 Å². The van der Waals surface area contributed by atoms with E-state index in [0.29, 0.717) is 16.8 Å². The molecule has 0 atom stereocenters. The lowest BCUT2D eigenvalue weighted by Gasteiger charge is -2.24. The minimum Gasteiger partial charge on any atom is -0.497 e. The Morgan fingerprint density at radius 1 is 1.26 bits per heavy atom. The van der Waals surface area contributed by atoms with E-state index in [-0.39, 0.29) is 5.25 Å². The molecule has 0 bridgehead atoms. The van der Waals surface area contributed by atoms with E-state index in [9.17, 15) is 8.42 Å². The molecule has 0 spiro atoms. The van der Waals surface area contributed by atoms with Crippen molar-refractivity contribution in [1.29, 1.82) is 0 Å². The summed E-state index contributed by atoms with van der Waals surface area (Å²) in [5.74, 6) is 0.747. The van der Waals surface area contributed by atoms with Gasteiger partial charge in [0, 0.05) is 6.20 Å². The first-order valence-electron chi connectivity index (χ1n) is 7.27. The minimum atomic E-state index is -3.36. The van der Waals surface area contributed by atoms with Crippen LogP contribution in [-0.4, -0.2) is 25.8 Å². The predicted octanol–water partition coefficient (Wildman–Crippen LogP) is 3.35. The Balaban J connectivity index is 1.94. The number of pyridine rings is 1. The third-order valence-corrected chi connectivity index (χ3v) is 6.44. The summed E-state index contributed by atoms with van der Waals surface area (Å²) in [6, 6.07) is 10.9. The van der Waals surface area contributed by atoms with E-state index < -0.39 is 10.0 Å². The van der Waals surface area contributed by atoms with Crippen molar-refractivity contribution in [1.82, 2.24) is 4.98 Å². The Bertz CT molecular complexity index is 789. The van der Waals surface area contributed by atoms with Crippen molar-refractivity contribution in [2.75, 3.05) is 11.4 Å². The smallest absolute Gasteiger partial charge is 0.238 e. The van der Waals surface area contributed by atoms with Gasteiger partial charge in [0.05, 0.1) is 24.6 Å². The van der Waals surface area contributed by atoms with Gasteiger partial charge in [-0.15, -0.1) is 0 Å². The monoisotopic (exact) mass is 396 g/mol. The molecule has 7 heteroatoms. The molecule has 0 saturated heterocycles. The minimum absolute atomic E-state index is 0.271. The maximum Gasteiger partial charge on any atom is 0.238 e. The van der Waals surface area contributed by atoms with Crippen LogP contribution in [0, 0.1) is 0 Å². The molecule has 0 aliphatic heterocycles. The molecule has 122 valence electrons. The zero-order valence-electron chi connectivity index (χ0n) is 12.6. The Hall–Kier alpha value is -1.60. The first kappa shape index (κ1) is 16.3. The maximum absolute atomic E-state index is 12.8. The highest BCUT2D eigenvalue weighted by molar-refractivity contribution is 9.10. The van der Waals surface area contributed by atoms with Crippen LogP contribution in [0.2, 0.25) is 0 Å². The molecule has 0 N–H and O–H groups in total. The number of halogens is 1. The number of nitrogens with zero attached hydrogens (tertiary/aromatic N) is 2. The zero-order chi connectivity index (χ0) is 16.4. The number of rotatable bonds is 6. The van der Waals surface area contributed by atoms with Gasteiger partial charge in [-0.3, -0.25) is 4.31 Å². The number of sulfonamides is 1. The molecule has 0 amide bonds. The summed E-state index contributed by atoms with van der Waals surface area (Å²) in [5.41, 5.74) is 1.53. The number of anilines is 1. The van der Waals surface area contributed by atoms with Crippen molar-refractivity contribution >= 4 is 31.6 Å². The standard InChI is InChI=1S/C16H17BrN2O3S/c1-22-14-4-2-12(3-5-14)11-19(23(20,21)15-6-7-15)13-8-9-18-16(17)10-13/h2-5,8-10,15H,6-7,11H2,1H3. The molecule has 5 nitrogen and oxygen atoms in total. The van der Waals surface area contributed by atoms with Crippen LogP contribution >= 0.6 is 15.9 Å². The van der Waals surface area contributed by atoms with Crippen molar-refractivity contribution in [3.63, 3.8) is 0 Å². The van der Waals surface area contributed by atoms with Gasteiger partial charge in [-0.05, 0) is 58.6 Å². The summed E-state index contributed by atoms with van der Waals surface area (Å²) in [7, 11) is -1.75. The van der Waals surface area contributed by atoms with Crippen LogP contribution < -0.4 is 9.04 Å². The third-order valence-electron chi connectivity index (χ3n) is 3.74. The molecule has 1 fully saturated rings. The second-order valence-electron chi connectivity index (χ2n) is 5.44. The van der Waals surface area contributed by atoms with Gasteiger partial charge >= 0.3 is 0 Å². The normalized spacial score (nSPS) is 14.5. The number of hydrogen-bond acceptors (Lipinski definition) is 4. The fraction of sp³-hybridized carbons (Fsp3) is 0.312. The van der Waals surface area contributed by atoms with Crippen LogP contribution in [0.5, 0.6) is 5.75 Å². The average molecular weight is 397 g/mol. The fourth-order valence-corrected chi connectivity index (χ4v) is 4.50. The Labute approximate surface area is 144 Å². The predicted molar refractivity (Wildman–Crippen MR) is 93.1 cm³/mol. The molecule has 1 saturated carbocycles. The summed E-state index contributed by atoms with van der Waals surface area (Å²) in [6.07, 6.45) is 3.06. The van der Waals surface area contributed by atoms with E-state index in [2.05, 4.69) is 20.9 Å². The van der Waals surface area contributed by atoms with Crippen molar-refractivity contribution < 1.29 is 13.2 Å². The molecule has 1 heterocycles. The van der Waals surface area contributed by atoms with Gasteiger partial charge in [0.25, 0.3) is 0 Å². The van der Waals surface area contributed by atoms with E-state index in [4.69, 9.17) is 4.74 Å². The molecule has 2 aromatic rings. The van der Waals surface area contributed by atoms with Gasteiger partial charge in [0.1, 0.15) is 10.4 Å². The van der Waals surface area contributed by atoms with Gasteiger partial charge in [-0.1, -0.05) is 12.1 Å². The van der Waals surface area contributed by atoms with Crippen LogP contribution in [0.3, 0.4) is 0 Å². The summed E-state index contributed by atoms with van der Waals surface area (Å²) < 4.78 is 32.8. The van der Waals surface area contributed by atoms with E-state index in [1.807, 2.05) is 24.3 Å².